The van der Waals surface area contributed by atoms with Crippen molar-refractivity contribution in [2.24, 2.45) is 0 Å². The highest BCUT2D eigenvalue weighted by atomic mass is 16.3. The maximum Gasteiger partial charge on any atom is 0.244 e. The molecule has 5 heteroatoms. The third-order valence-electron chi connectivity index (χ3n) is 4.34. The molecule has 0 saturated carbocycles. The standard InChI is InChI=1S/C19H25N3O2/c23-18(20-12-7-15-22-13-5-1-2-6-14-22)10-11-19-21-16-8-3-4-9-17(16)24-19/h3-4,8-11H,1-2,5-7,12-15H2,(H,20,23)/b11-10+. The number of likely N-dealkylation sites (tertiary alicyclic amines) is 1. The van der Waals surface area contributed by atoms with Gasteiger partial charge in [0, 0.05) is 18.7 Å². The molecule has 0 atom stereocenters. The van der Waals surface area contributed by atoms with Crippen LogP contribution in [0, 0.1) is 0 Å². The molecule has 0 spiro atoms. The molecule has 5 nitrogen and oxygen atoms in total. The van der Waals surface area contributed by atoms with E-state index in [1.165, 1.54) is 44.8 Å². The molecule has 0 unspecified atom stereocenters. The van der Waals surface area contributed by atoms with Crippen molar-refractivity contribution >= 4 is 23.1 Å². The van der Waals surface area contributed by atoms with Crippen LogP contribution in [0.15, 0.2) is 34.8 Å². The molecule has 0 radical (unpaired) electrons. The summed E-state index contributed by atoms with van der Waals surface area (Å²) in [5, 5.41) is 2.92. The largest absolute Gasteiger partial charge is 0.437 e. The first-order valence-corrected chi connectivity index (χ1v) is 8.85. The lowest BCUT2D eigenvalue weighted by atomic mass is 10.2. The number of rotatable bonds is 6. The summed E-state index contributed by atoms with van der Waals surface area (Å²) in [7, 11) is 0. The molecule has 24 heavy (non-hydrogen) atoms. The third kappa shape index (κ3) is 4.93. The molecule has 1 amide bonds. The molecule has 1 aromatic carbocycles. The van der Waals surface area contributed by atoms with Gasteiger partial charge in [0.15, 0.2) is 5.58 Å². The molecule has 2 heterocycles. The fourth-order valence-corrected chi connectivity index (χ4v) is 3.04. The van der Waals surface area contributed by atoms with Crippen LogP contribution >= 0.6 is 0 Å². The van der Waals surface area contributed by atoms with E-state index in [1.807, 2.05) is 24.3 Å². The maximum atomic E-state index is 11.9. The van der Waals surface area contributed by atoms with Crippen molar-refractivity contribution in [2.45, 2.75) is 32.1 Å². The molecule has 1 N–H and O–H groups in total. The monoisotopic (exact) mass is 327 g/mol. The van der Waals surface area contributed by atoms with Crippen LogP contribution < -0.4 is 5.32 Å². The summed E-state index contributed by atoms with van der Waals surface area (Å²) in [4.78, 5) is 18.7. The van der Waals surface area contributed by atoms with E-state index in [2.05, 4.69) is 15.2 Å². The van der Waals surface area contributed by atoms with E-state index >= 15 is 0 Å². The molecule has 128 valence electrons. The van der Waals surface area contributed by atoms with Crippen LogP contribution in [0.25, 0.3) is 17.2 Å². The second-order valence-electron chi connectivity index (χ2n) is 6.25. The highest BCUT2D eigenvalue weighted by Crippen LogP contribution is 2.15. The zero-order chi connectivity index (χ0) is 16.6. The van der Waals surface area contributed by atoms with Gasteiger partial charge in [-0.25, -0.2) is 4.98 Å². The molecule has 1 fully saturated rings. The second kappa shape index (κ2) is 8.64. The van der Waals surface area contributed by atoms with Crippen LogP contribution in [-0.4, -0.2) is 42.0 Å². The van der Waals surface area contributed by atoms with Crippen molar-refractivity contribution in [1.29, 1.82) is 0 Å². The zero-order valence-corrected chi connectivity index (χ0v) is 14.0. The van der Waals surface area contributed by atoms with E-state index < -0.39 is 0 Å². The van der Waals surface area contributed by atoms with Gasteiger partial charge in [-0.2, -0.15) is 0 Å². The Balaban J connectivity index is 1.38. The number of carbonyl (C=O) groups excluding carboxylic acids is 1. The Morgan fingerprint density at radius 2 is 2.00 bits per heavy atom. The number of hydrogen-bond acceptors (Lipinski definition) is 4. The van der Waals surface area contributed by atoms with Gasteiger partial charge in [-0.3, -0.25) is 4.79 Å². The van der Waals surface area contributed by atoms with Gasteiger partial charge < -0.3 is 14.6 Å². The zero-order valence-electron chi connectivity index (χ0n) is 14.0. The van der Waals surface area contributed by atoms with E-state index in [4.69, 9.17) is 4.42 Å². The number of benzene rings is 1. The number of oxazole rings is 1. The molecule has 0 aliphatic carbocycles. The van der Waals surface area contributed by atoms with Crippen LogP contribution in [0.2, 0.25) is 0 Å². The lowest BCUT2D eigenvalue weighted by Crippen LogP contribution is -2.30. The second-order valence-corrected chi connectivity index (χ2v) is 6.25. The Morgan fingerprint density at radius 3 is 2.79 bits per heavy atom. The van der Waals surface area contributed by atoms with Crippen LogP contribution in [0.3, 0.4) is 0 Å². The van der Waals surface area contributed by atoms with Gasteiger partial charge in [-0.15, -0.1) is 0 Å². The number of aromatic nitrogens is 1. The fourth-order valence-electron chi connectivity index (χ4n) is 3.04. The fraction of sp³-hybridized carbons (Fsp3) is 0.474. The number of nitrogens with one attached hydrogen (secondary N) is 1. The summed E-state index contributed by atoms with van der Waals surface area (Å²) < 4.78 is 5.55. The summed E-state index contributed by atoms with van der Waals surface area (Å²) >= 11 is 0. The minimum absolute atomic E-state index is 0.104. The normalized spacial score (nSPS) is 16.5. The quantitative estimate of drug-likeness (QED) is 0.654. The van der Waals surface area contributed by atoms with Gasteiger partial charge in [0.1, 0.15) is 5.52 Å². The lowest BCUT2D eigenvalue weighted by molar-refractivity contribution is -0.116. The maximum absolute atomic E-state index is 11.9. The van der Waals surface area contributed by atoms with Crippen molar-refractivity contribution in [2.75, 3.05) is 26.2 Å². The van der Waals surface area contributed by atoms with Crippen molar-refractivity contribution < 1.29 is 9.21 Å². The van der Waals surface area contributed by atoms with E-state index in [0.717, 1.165) is 24.1 Å². The predicted octanol–water partition coefficient (Wildman–Crippen LogP) is 3.22. The van der Waals surface area contributed by atoms with Gasteiger partial charge in [-0.1, -0.05) is 25.0 Å². The molecular weight excluding hydrogens is 302 g/mol. The predicted molar refractivity (Wildman–Crippen MR) is 95.6 cm³/mol. The van der Waals surface area contributed by atoms with Crippen LogP contribution in [-0.2, 0) is 4.79 Å². The minimum Gasteiger partial charge on any atom is -0.437 e. The van der Waals surface area contributed by atoms with E-state index in [1.54, 1.807) is 6.08 Å². The summed E-state index contributed by atoms with van der Waals surface area (Å²) in [5.74, 6) is 0.351. The number of hydrogen-bond donors (Lipinski definition) is 1. The summed E-state index contributed by atoms with van der Waals surface area (Å²) in [6, 6.07) is 7.56. The minimum atomic E-state index is -0.104. The number of para-hydroxylation sites is 2. The van der Waals surface area contributed by atoms with Gasteiger partial charge in [-0.05, 0) is 51.0 Å². The van der Waals surface area contributed by atoms with Gasteiger partial charge in [0.05, 0.1) is 0 Å². The summed E-state index contributed by atoms with van der Waals surface area (Å²) in [6.45, 7) is 4.17. The molecule has 1 aliphatic rings. The molecule has 1 aliphatic heterocycles. The number of amides is 1. The highest BCUT2D eigenvalue weighted by molar-refractivity contribution is 5.91. The number of carbonyl (C=O) groups is 1. The molecule has 3 rings (SSSR count). The van der Waals surface area contributed by atoms with Gasteiger partial charge in [0.25, 0.3) is 0 Å². The van der Waals surface area contributed by atoms with Crippen molar-refractivity contribution in [1.82, 2.24) is 15.2 Å². The van der Waals surface area contributed by atoms with Crippen molar-refractivity contribution in [3.8, 4) is 0 Å². The lowest BCUT2D eigenvalue weighted by Gasteiger charge is -2.19. The number of nitrogens with zero attached hydrogens (tertiary/aromatic N) is 2. The Labute approximate surface area is 142 Å². The van der Waals surface area contributed by atoms with Crippen LogP contribution in [0.4, 0.5) is 0 Å². The van der Waals surface area contributed by atoms with E-state index in [0.29, 0.717) is 12.4 Å². The van der Waals surface area contributed by atoms with Crippen molar-refractivity contribution in [3.63, 3.8) is 0 Å². The Morgan fingerprint density at radius 1 is 1.21 bits per heavy atom. The highest BCUT2D eigenvalue weighted by Gasteiger charge is 2.08. The van der Waals surface area contributed by atoms with Crippen LogP contribution in [0.1, 0.15) is 38.0 Å². The summed E-state index contributed by atoms with van der Waals surface area (Å²) in [5.41, 5.74) is 1.53. The topological polar surface area (TPSA) is 58.4 Å². The Kier molecular flexibility index (Phi) is 6.01. The average Bonchev–Trinajstić information content (AvgIpc) is 2.84. The smallest absolute Gasteiger partial charge is 0.244 e. The molecular formula is C19H25N3O2. The SMILES string of the molecule is O=C(/C=C/c1nc2ccccc2o1)NCCCN1CCCCCC1. The van der Waals surface area contributed by atoms with Gasteiger partial charge >= 0.3 is 0 Å². The average molecular weight is 327 g/mol. The molecule has 1 saturated heterocycles. The molecule has 2 aromatic rings. The molecule has 1 aromatic heterocycles. The summed E-state index contributed by atoms with van der Waals surface area (Å²) in [6.07, 6.45) is 9.41. The number of fused-ring (bicyclic) bond motifs is 1. The molecule has 0 bridgehead atoms. The third-order valence-corrected chi connectivity index (χ3v) is 4.34. The van der Waals surface area contributed by atoms with E-state index in [-0.39, 0.29) is 5.91 Å². The van der Waals surface area contributed by atoms with Gasteiger partial charge in [0.2, 0.25) is 11.8 Å². The Hall–Kier alpha value is -2.14. The first-order valence-electron chi connectivity index (χ1n) is 8.85. The van der Waals surface area contributed by atoms with Crippen molar-refractivity contribution in [3.05, 3.63) is 36.2 Å². The first-order chi connectivity index (χ1) is 11.8. The van der Waals surface area contributed by atoms with Crippen LogP contribution in [0.5, 0.6) is 0 Å². The van der Waals surface area contributed by atoms with E-state index in [9.17, 15) is 4.79 Å². The first kappa shape index (κ1) is 16.7. The Bertz CT molecular complexity index is 652.